The predicted molar refractivity (Wildman–Crippen MR) is 130 cm³/mol. The number of hydrogen-bond acceptors (Lipinski definition) is 7. The number of amides is 1. The fourth-order valence-electron chi connectivity index (χ4n) is 4.86. The van der Waals surface area contributed by atoms with Crippen molar-refractivity contribution >= 4 is 21.9 Å². The molecule has 1 aromatic heterocycles. The number of nitrogens with one attached hydrogen (secondary N) is 1. The number of carbonyl (C=O) groups is 1. The molecular weight excluding hydrogens is 485 g/mol. The Kier molecular flexibility index (Phi) is 6.52. The Labute approximate surface area is 209 Å². The molecule has 0 bridgehead atoms. The summed E-state index contributed by atoms with van der Waals surface area (Å²) in [5.41, 5.74) is 3.71. The molecule has 3 heterocycles. The number of benzene rings is 2. The molecule has 5 rings (SSSR count). The lowest BCUT2D eigenvalue weighted by atomic mass is 9.96. The summed E-state index contributed by atoms with van der Waals surface area (Å²) in [5, 5.41) is 3.64. The second-order valence-electron chi connectivity index (χ2n) is 9.42. The third kappa shape index (κ3) is 4.98. The Bertz CT molecular complexity index is 1380. The maximum atomic E-state index is 14.0. The van der Waals surface area contributed by atoms with Gasteiger partial charge in [-0.1, -0.05) is 12.1 Å². The van der Waals surface area contributed by atoms with Crippen molar-refractivity contribution in [1.82, 2.24) is 19.9 Å². The van der Waals surface area contributed by atoms with Gasteiger partial charge in [0.1, 0.15) is 5.82 Å². The van der Waals surface area contributed by atoms with Crippen LogP contribution in [0.5, 0.6) is 0 Å². The lowest BCUT2D eigenvalue weighted by Gasteiger charge is -2.34. The molecule has 1 saturated heterocycles. The highest BCUT2D eigenvalue weighted by Crippen LogP contribution is 2.30. The van der Waals surface area contributed by atoms with Crippen molar-refractivity contribution in [2.24, 2.45) is 0 Å². The van der Waals surface area contributed by atoms with E-state index in [4.69, 9.17) is 4.52 Å². The first-order valence-electron chi connectivity index (χ1n) is 12.0. The van der Waals surface area contributed by atoms with Crippen LogP contribution in [-0.4, -0.2) is 53.9 Å². The van der Waals surface area contributed by atoms with Crippen molar-refractivity contribution in [3.05, 3.63) is 70.3 Å². The molecule has 2 aliphatic rings. The zero-order valence-electron chi connectivity index (χ0n) is 20.2. The number of anilines is 1. The molecule has 1 amide bonds. The number of likely N-dealkylation sites (tertiary alicyclic amines) is 1. The molecular formula is C25H28FN5O4S. The third-order valence-electron chi connectivity index (χ3n) is 6.86. The highest BCUT2D eigenvalue weighted by Gasteiger charge is 2.27. The summed E-state index contributed by atoms with van der Waals surface area (Å²) in [6.45, 7) is 6.45. The molecule has 1 fully saturated rings. The van der Waals surface area contributed by atoms with Gasteiger partial charge < -0.3 is 9.42 Å². The van der Waals surface area contributed by atoms with E-state index >= 15 is 0 Å². The van der Waals surface area contributed by atoms with E-state index in [1.165, 1.54) is 6.07 Å². The Morgan fingerprint density at radius 3 is 2.64 bits per heavy atom. The molecule has 1 atom stereocenters. The van der Waals surface area contributed by atoms with E-state index in [9.17, 15) is 17.6 Å². The van der Waals surface area contributed by atoms with Gasteiger partial charge in [-0.05, 0) is 84.8 Å². The number of halogens is 1. The second kappa shape index (κ2) is 9.62. The van der Waals surface area contributed by atoms with Crippen LogP contribution in [0.3, 0.4) is 0 Å². The molecule has 0 unspecified atom stereocenters. The first-order chi connectivity index (χ1) is 17.2. The smallest absolute Gasteiger partial charge is 0.335 e. The quantitative estimate of drug-likeness (QED) is 0.536. The van der Waals surface area contributed by atoms with E-state index in [1.54, 1.807) is 23.1 Å². The van der Waals surface area contributed by atoms with Gasteiger partial charge in [-0.25, -0.2) is 17.5 Å². The van der Waals surface area contributed by atoms with E-state index < -0.39 is 10.0 Å². The van der Waals surface area contributed by atoms with E-state index in [-0.39, 0.29) is 34.5 Å². The van der Waals surface area contributed by atoms with Crippen molar-refractivity contribution < 1.29 is 22.1 Å². The number of rotatable bonds is 6. The van der Waals surface area contributed by atoms with Gasteiger partial charge in [-0.2, -0.15) is 4.98 Å². The summed E-state index contributed by atoms with van der Waals surface area (Å²) in [6.07, 6.45) is 2.59. The number of sulfonamides is 1. The van der Waals surface area contributed by atoms with E-state index in [0.717, 1.165) is 48.1 Å². The summed E-state index contributed by atoms with van der Waals surface area (Å²) < 4.78 is 47.3. The molecule has 2 aliphatic heterocycles. The molecule has 9 nitrogen and oxygen atoms in total. The van der Waals surface area contributed by atoms with E-state index in [1.807, 2.05) is 26.0 Å². The minimum absolute atomic E-state index is 0.0316. The van der Waals surface area contributed by atoms with Crippen molar-refractivity contribution in [2.75, 3.05) is 24.4 Å². The van der Waals surface area contributed by atoms with Crippen LogP contribution in [0.4, 0.5) is 10.4 Å². The summed E-state index contributed by atoms with van der Waals surface area (Å²) in [7, 11) is -4.02. The number of nitrogens with zero attached hydrogens (tertiary/aromatic N) is 4. The van der Waals surface area contributed by atoms with Crippen LogP contribution in [0.15, 0.2) is 45.8 Å². The average molecular weight is 514 g/mol. The van der Waals surface area contributed by atoms with Crippen LogP contribution >= 0.6 is 0 Å². The van der Waals surface area contributed by atoms with Gasteiger partial charge in [-0.15, -0.1) is 0 Å². The fourth-order valence-corrected chi connectivity index (χ4v) is 5.83. The van der Waals surface area contributed by atoms with Crippen molar-refractivity contribution in [3.8, 4) is 0 Å². The van der Waals surface area contributed by atoms with Crippen LogP contribution in [-0.2, 0) is 23.0 Å². The van der Waals surface area contributed by atoms with E-state index in [2.05, 4.69) is 19.8 Å². The molecule has 0 aliphatic carbocycles. The second-order valence-corrected chi connectivity index (χ2v) is 11.1. The minimum Gasteiger partial charge on any atom is -0.336 e. The normalized spacial score (nSPS) is 17.1. The van der Waals surface area contributed by atoms with Gasteiger partial charge in [0.15, 0.2) is 0 Å². The lowest BCUT2D eigenvalue weighted by Crippen LogP contribution is -2.33. The third-order valence-corrected chi connectivity index (χ3v) is 8.17. The van der Waals surface area contributed by atoms with Crippen molar-refractivity contribution in [2.45, 2.75) is 50.6 Å². The zero-order valence-corrected chi connectivity index (χ0v) is 21.0. The number of aromatic nitrogens is 2. The van der Waals surface area contributed by atoms with Crippen LogP contribution in [0.2, 0.25) is 0 Å². The number of aryl methyl sites for hydroxylation is 1. The predicted octanol–water partition coefficient (Wildman–Crippen LogP) is 3.67. The van der Waals surface area contributed by atoms with Gasteiger partial charge >= 0.3 is 6.01 Å². The Morgan fingerprint density at radius 2 is 1.89 bits per heavy atom. The van der Waals surface area contributed by atoms with Crippen LogP contribution < -0.4 is 4.72 Å². The topological polar surface area (TPSA) is 109 Å². The first kappa shape index (κ1) is 24.4. The molecule has 0 spiro atoms. The largest absolute Gasteiger partial charge is 0.336 e. The van der Waals surface area contributed by atoms with Crippen molar-refractivity contribution in [1.29, 1.82) is 0 Å². The zero-order chi connectivity index (χ0) is 25.4. The Hall–Kier alpha value is -3.31. The maximum Gasteiger partial charge on any atom is 0.335 e. The number of hydrogen-bond donors (Lipinski definition) is 1. The molecule has 0 radical (unpaired) electrons. The van der Waals surface area contributed by atoms with Crippen LogP contribution in [0, 0.1) is 12.7 Å². The molecule has 2 aromatic carbocycles. The molecule has 11 heteroatoms. The average Bonchev–Trinajstić information content (AvgIpc) is 3.54. The number of fused-ring (bicyclic) bond motifs is 1. The van der Waals surface area contributed by atoms with Crippen LogP contribution in [0.25, 0.3) is 0 Å². The summed E-state index contributed by atoms with van der Waals surface area (Å²) >= 11 is 0. The summed E-state index contributed by atoms with van der Waals surface area (Å²) in [6, 6.07) is 9.63. The maximum absolute atomic E-state index is 14.0. The molecule has 0 saturated carbocycles. The fraction of sp³-hybridized carbons (Fsp3) is 0.400. The molecule has 3 aromatic rings. The van der Waals surface area contributed by atoms with Gasteiger partial charge in [0.2, 0.25) is 0 Å². The molecule has 36 heavy (non-hydrogen) atoms. The molecule has 190 valence electrons. The first-order valence-corrected chi connectivity index (χ1v) is 13.5. The SMILES string of the molecule is Cc1cc(F)cc([C@@H](C)N2CCc3ccc(S(=O)(=O)Nc4nc(C(=O)N5CCCC5)no4)cc3C2)c1. The standard InChI is InChI=1S/C25H28FN5O4S/c1-16-11-19(13-21(26)12-16)17(2)31-10-7-18-5-6-22(14-20(18)15-31)36(33,34)29-25-27-23(28-35-25)24(32)30-8-3-4-9-30/h5-6,11-14,17H,3-4,7-10,15H2,1-2H3,(H,27,28,29)/t17-/m1/s1. The van der Waals surface area contributed by atoms with Gasteiger partial charge in [0.05, 0.1) is 4.90 Å². The lowest BCUT2D eigenvalue weighted by molar-refractivity contribution is 0.0777. The van der Waals surface area contributed by atoms with E-state index in [0.29, 0.717) is 19.6 Å². The summed E-state index contributed by atoms with van der Waals surface area (Å²) in [4.78, 5) is 20.2. The highest BCUT2D eigenvalue weighted by molar-refractivity contribution is 7.92. The number of carbonyl (C=O) groups excluding carboxylic acids is 1. The van der Waals surface area contributed by atoms with Crippen molar-refractivity contribution in [3.63, 3.8) is 0 Å². The van der Waals surface area contributed by atoms with Gasteiger partial charge in [0, 0.05) is 32.2 Å². The highest BCUT2D eigenvalue weighted by atomic mass is 32.2. The monoisotopic (exact) mass is 513 g/mol. The van der Waals surface area contributed by atoms with Crippen LogP contribution in [0.1, 0.15) is 58.7 Å². The minimum atomic E-state index is -4.02. The molecule has 1 N–H and O–H groups in total. The van der Waals surface area contributed by atoms with Gasteiger partial charge in [-0.3, -0.25) is 9.69 Å². The Balaban J connectivity index is 1.32. The summed E-state index contributed by atoms with van der Waals surface area (Å²) in [5.74, 6) is -0.810. The Morgan fingerprint density at radius 1 is 1.11 bits per heavy atom. The van der Waals surface area contributed by atoms with Gasteiger partial charge in [0.25, 0.3) is 21.8 Å².